The molecule has 0 aromatic heterocycles. The van der Waals surface area contributed by atoms with Gasteiger partial charge in [0.2, 0.25) is 11.6 Å². The maximum absolute atomic E-state index is 12.9. The summed E-state index contributed by atoms with van der Waals surface area (Å²) in [6.45, 7) is 0. The van der Waals surface area contributed by atoms with Gasteiger partial charge in [-0.3, -0.25) is 0 Å². The Morgan fingerprint density at radius 3 is 1.23 bits per heavy atom. The van der Waals surface area contributed by atoms with E-state index in [-0.39, 0.29) is 7.11 Å². The molecule has 0 aromatic rings. The minimum atomic E-state index is -7.27. The van der Waals surface area contributed by atoms with Gasteiger partial charge < -0.3 is 4.74 Å². The van der Waals surface area contributed by atoms with Crippen molar-refractivity contribution in [1.29, 1.82) is 0 Å². The summed E-state index contributed by atoms with van der Waals surface area (Å²) >= 11 is 0. The fourth-order valence-corrected chi connectivity index (χ4v) is 0.943. The predicted molar refractivity (Wildman–Crippen MR) is 42.1 cm³/mol. The first-order chi connectivity index (χ1) is 9.35. The van der Waals surface area contributed by atoms with Crippen LogP contribution in [0.25, 0.3) is 0 Å². The Bertz CT molecular complexity index is 440. The molecule has 0 aromatic carbocycles. The van der Waals surface area contributed by atoms with Gasteiger partial charge in [-0.25, -0.2) is 4.39 Å². The topological polar surface area (TPSA) is 9.23 Å². The van der Waals surface area contributed by atoms with Crippen molar-refractivity contribution in [3.8, 4) is 0 Å². The van der Waals surface area contributed by atoms with Gasteiger partial charge in [0, 0.05) is 0 Å². The first-order valence-electron chi connectivity index (χ1n) is 4.57. The summed E-state index contributed by atoms with van der Waals surface area (Å²) in [4.78, 5) is 0. The van der Waals surface area contributed by atoms with E-state index in [0.29, 0.717) is 0 Å². The standard InChI is InChI=1S/C8H3F13O/c1-22-3(5(12,13)7(16,17)18)2(9)4(10,11)6(14,15)8(19,20)21/h1H3/b3-2-. The number of allylic oxidation sites excluding steroid dienone is 2. The number of hydrogen-bond donors (Lipinski definition) is 0. The first-order valence-corrected chi connectivity index (χ1v) is 4.57. The molecule has 0 saturated carbocycles. The molecular weight excluding hydrogens is 359 g/mol. The van der Waals surface area contributed by atoms with Gasteiger partial charge >= 0.3 is 30.1 Å². The van der Waals surface area contributed by atoms with E-state index in [2.05, 4.69) is 4.74 Å². The molecule has 132 valence electrons. The van der Waals surface area contributed by atoms with Crippen LogP contribution >= 0.6 is 0 Å². The Morgan fingerprint density at radius 1 is 0.636 bits per heavy atom. The number of halogens is 13. The largest absolute Gasteiger partial charge is 0.492 e. The Balaban J connectivity index is 6.33. The number of ether oxygens (including phenoxy) is 1. The number of alkyl halides is 12. The summed E-state index contributed by atoms with van der Waals surface area (Å²) in [7, 11) is -0.254. The third kappa shape index (κ3) is 3.04. The fraction of sp³-hybridized carbons (Fsp3) is 0.750. The van der Waals surface area contributed by atoms with Crippen LogP contribution in [0.3, 0.4) is 0 Å². The van der Waals surface area contributed by atoms with E-state index in [0.717, 1.165) is 0 Å². The van der Waals surface area contributed by atoms with E-state index in [1.807, 2.05) is 0 Å². The molecule has 0 radical (unpaired) electrons. The maximum Gasteiger partial charge on any atom is 0.461 e. The van der Waals surface area contributed by atoms with Crippen molar-refractivity contribution in [2.24, 2.45) is 0 Å². The minimum Gasteiger partial charge on any atom is -0.492 e. The summed E-state index contributed by atoms with van der Waals surface area (Å²) in [5, 5.41) is 0. The lowest BCUT2D eigenvalue weighted by molar-refractivity contribution is -0.349. The molecule has 14 heteroatoms. The monoisotopic (exact) mass is 362 g/mol. The fourth-order valence-electron chi connectivity index (χ4n) is 0.943. The van der Waals surface area contributed by atoms with Gasteiger partial charge in [0.05, 0.1) is 7.11 Å². The highest BCUT2D eigenvalue weighted by Crippen LogP contribution is 2.53. The molecule has 0 amide bonds. The number of methoxy groups -OCH3 is 1. The van der Waals surface area contributed by atoms with Gasteiger partial charge in [0.15, 0.2) is 0 Å². The van der Waals surface area contributed by atoms with Crippen LogP contribution in [0.4, 0.5) is 57.1 Å². The van der Waals surface area contributed by atoms with E-state index >= 15 is 0 Å². The van der Waals surface area contributed by atoms with Gasteiger partial charge in [-0.1, -0.05) is 0 Å². The molecule has 0 bridgehead atoms. The molecule has 1 nitrogen and oxygen atoms in total. The van der Waals surface area contributed by atoms with E-state index in [1.165, 1.54) is 0 Å². The summed E-state index contributed by atoms with van der Waals surface area (Å²) in [6, 6.07) is 0. The summed E-state index contributed by atoms with van der Waals surface area (Å²) < 4.78 is 162. The lowest BCUT2D eigenvalue weighted by atomic mass is 10.1. The smallest absolute Gasteiger partial charge is 0.461 e. The second-order valence-electron chi connectivity index (χ2n) is 3.57. The van der Waals surface area contributed by atoms with E-state index in [4.69, 9.17) is 0 Å². The molecule has 0 aliphatic rings. The molecule has 0 fully saturated rings. The van der Waals surface area contributed by atoms with Gasteiger partial charge in [-0.2, -0.15) is 52.7 Å². The van der Waals surface area contributed by atoms with Crippen LogP contribution in [-0.4, -0.2) is 37.2 Å². The van der Waals surface area contributed by atoms with Crippen LogP contribution in [0.1, 0.15) is 0 Å². The van der Waals surface area contributed by atoms with Crippen molar-refractivity contribution in [2.45, 2.75) is 30.1 Å². The van der Waals surface area contributed by atoms with Gasteiger partial charge in [0.1, 0.15) is 0 Å². The Labute approximate surface area is 112 Å². The van der Waals surface area contributed by atoms with Crippen molar-refractivity contribution in [2.75, 3.05) is 7.11 Å². The molecule has 0 N–H and O–H groups in total. The van der Waals surface area contributed by atoms with E-state index in [9.17, 15) is 57.1 Å². The molecule has 0 saturated heterocycles. The zero-order valence-electron chi connectivity index (χ0n) is 9.82. The lowest BCUT2D eigenvalue weighted by Crippen LogP contribution is -2.53. The molecule has 0 spiro atoms. The Kier molecular flexibility index (Phi) is 5.03. The van der Waals surface area contributed by atoms with Crippen LogP contribution < -0.4 is 0 Å². The predicted octanol–water partition coefficient (Wildman–Crippen LogP) is 4.84. The molecule has 0 unspecified atom stereocenters. The zero-order chi connectivity index (χ0) is 18.4. The second-order valence-corrected chi connectivity index (χ2v) is 3.57. The average molecular weight is 362 g/mol. The van der Waals surface area contributed by atoms with Crippen molar-refractivity contribution in [3.05, 3.63) is 11.6 Å². The highest BCUT2D eigenvalue weighted by molar-refractivity contribution is 5.22. The molecule has 22 heavy (non-hydrogen) atoms. The normalized spacial score (nSPS) is 16.5. The molecule has 0 atom stereocenters. The van der Waals surface area contributed by atoms with Crippen molar-refractivity contribution in [3.63, 3.8) is 0 Å². The number of rotatable bonds is 4. The van der Waals surface area contributed by atoms with Gasteiger partial charge in [0.25, 0.3) is 0 Å². The Morgan fingerprint density at radius 2 is 1.00 bits per heavy atom. The van der Waals surface area contributed by atoms with Crippen LogP contribution in [0.15, 0.2) is 11.6 Å². The SMILES string of the molecule is CO/C(=C(\F)C(F)(F)C(F)(F)C(F)(F)F)C(F)(F)C(F)(F)F. The molecule has 0 aliphatic heterocycles. The van der Waals surface area contributed by atoms with Crippen molar-refractivity contribution >= 4 is 0 Å². The third-order valence-corrected chi connectivity index (χ3v) is 2.07. The first kappa shape index (κ1) is 20.6. The molecule has 0 aliphatic carbocycles. The van der Waals surface area contributed by atoms with E-state index < -0.39 is 41.7 Å². The average Bonchev–Trinajstić information content (AvgIpc) is 2.25. The van der Waals surface area contributed by atoms with Crippen molar-refractivity contribution < 1.29 is 61.8 Å². The maximum atomic E-state index is 12.9. The molecular formula is C8H3F13O. The van der Waals surface area contributed by atoms with Crippen molar-refractivity contribution in [1.82, 2.24) is 0 Å². The Hall–Kier alpha value is -1.37. The van der Waals surface area contributed by atoms with Crippen LogP contribution in [-0.2, 0) is 4.74 Å². The van der Waals surface area contributed by atoms with Gasteiger partial charge in [-0.05, 0) is 0 Å². The third-order valence-electron chi connectivity index (χ3n) is 2.07. The quantitative estimate of drug-likeness (QED) is 0.514. The summed E-state index contributed by atoms with van der Waals surface area (Å²) in [5.41, 5.74) is 0. The summed E-state index contributed by atoms with van der Waals surface area (Å²) in [6.07, 6.45) is -13.9. The molecule has 0 heterocycles. The summed E-state index contributed by atoms with van der Waals surface area (Å²) in [5.74, 6) is -29.0. The highest BCUT2D eigenvalue weighted by Gasteiger charge is 2.77. The number of hydrogen-bond acceptors (Lipinski definition) is 1. The zero-order valence-corrected chi connectivity index (χ0v) is 9.82. The van der Waals surface area contributed by atoms with Crippen LogP contribution in [0.2, 0.25) is 0 Å². The second kappa shape index (κ2) is 5.37. The highest BCUT2D eigenvalue weighted by atomic mass is 19.4. The van der Waals surface area contributed by atoms with E-state index in [1.54, 1.807) is 0 Å². The minimum absolute atomic E-state index is 0.254. The molecule has 0 rings (SSSR count). The van der Waals surface area contributed by atoms with Crippen LogP contribution in [0.5, 0.6) is 0 Å². The lowest BCUT2D eigenvalue weighted by Gasteiger charge is -2.29. The van der Waals surface area contributed by atoms with Gasteiger partial charge in [-0.15, -0.1) is 0 Å². The van der Waals surface area contributed by atoms with Crippen LogP contribution in [0, 0.1) is 0 Å².